The predicted octanol–water partition coefficient (Wildman–Crippen LogP) is 2.32. The van der Waals surface area contributed by atoms with Gasteiger partial charge in [0.05, 0.1) is 4.90 Å². The minimum absolute atomic E-state index is 0.0497. The third-order valence-corrected chi connectivity index (χ3v) is 6.42. The Morgan fingerprint density at radius 1 is 1.03 bits per heavy atom. The van der Waals surface area contributed by atoms with E-state index in [9.17, 15) is 22.8 Å². The average molecular weight is 462 g/mol. The van der Waals surface area contributed by atoms with E-state index in [0.29, 0.717) is 11.4 Å². The van der Waals surface area contributed by atoms with Crippen molar-refractivity contribution in [1.82, 2.24) is 4.31 Å². The number of carbonyl (C=O) groups is 3. The molecule has 0 atom stereocenters. The van der Waals surface area contributed by atoms with Gasteiger partial charge in [-0.15, -0.1) is 0 Å². The second kappa shape index (κ2) is 10.9. The maximum absolute atomic E-state index is 12.6. The Morgan fingerprint density at radius 2 is 1.69 bits per heavy atom. The number of likely N-dealkylation sites (N-methyl/N-ethyl adjacent to an activating group) is 1. The number of rotatable bonds is 9. The highest BCUT2D eigenvalue weighted by Crippen LogP contribution is 2.21. The van der Waals surface area contributed by atoms with Crippen molar-refractivity contribution >= 4 is 39.2 Å². The van der Waals surface area contributed by atoms with Crippen LogP contribution in [-0.2, 0) is 35.6 Å². The number of sulfonamides is 1. The molecule has 9 nitrogen and oxygen atoms in total. The summed E-state index contributed by atoms with van der Waals surface area (Å²) < 4.78 is 31.1. The van der Waals surface area contributed by atoms with Crippen LogP contribution in [0.1, 0.15) is 25.0 Å². The van der Waals surface area contributed by atoms with Crippen LogP contribution in [0.15, 0.2) is 47.4 Å². The zero-order valence-corrected chi connectivity index (χ0v) is 19.3. The van der Waals surface area contributed by atoms with E-state index in [1.165, 1.54) is 38.2 Å². The largest absolute Gasteiger partial charge is 0.455 e. The van der Waals surface area contributed by atoms with Crippen LogP contribution >= 0.6 is 0 Å². The summed E-state index contributed by atoms with van der Waals surface area (Å²) in [5, 5.41) is 5.28. The highest BCUT2D eigenvalue weighted by molar-refractivity contribution is 7.89. The Kier molecular flexibility index (Phi) is 8.50. The average Bonchev–Trinajstić information content (AvgIpc) is 2.73. The van der Waals surface area contributed by atoms with E-state index in [1.54, 1.807) is 0 Å². The van der Waals surface area contributed by atoms with Gasteiger partial charge in [-0.2, -0.15) is 4.31 Å². The lowest BCUT2D eigenvalue weighted by molar-refractivity contribution is -0.147. The van der Waals surface area contributed by atoms with Crippen LogP contribution < -0.4 is 10.6 Å². The van der Waals surface area contributed by atoms with Gasteiger partial charge in [0.2, 0.25) is 15.9 Å². The fourth-order valence-corrected chi connectivity index (χ4v) is 4.04. The molecule has 0 radical (unpaired) electrons. The third-order valence-electron chi connectivity index (χ3n) is 4.60. The van der Waals surface area contributed by atoms with Crippen LogP contribution in [0.3, 0.4) is 0 Å². The molecule has 0 saturated heterocycles. The zero-order chi connectivity index (χ0) is 23.9. The Labute approximate surface area is 187 Å². The molecule has 0 aliphatic rings. The quantitative estimate of drug-likeness (QED) is 0.553. The van der Waals surface area contributed by atoms with E-state index in [4.69, 9.17) is 4.74 Å². The number of ether oxygens (including phenoxy) is 1. The Balaban J connectivity index is 1.93. The number of anilines is 2. The second-order valence-electron chi connectivity index (χ2n) is 7.14. The Morgan fingerprint density at radius 3 is 2.28 bits per heavy atom. The first-order valence-electron chi connectivity index (χ1n) is 9.92. The lowest BCUT2D eigenvalue weighted by Gasteiger charge is -2.17. The van der Waals surface area contributed by atoms with Crippen LogP contribution in [-0.4, -0.2) is 50.7 Å². The number of hydrogen-bond donors (Lipinski definition) is 2. The van der Waals surface area contributed by atoms with Gasteiger partial charge in [0.25, 0.3) is 5.91 Å². The van der Waals surface area contributed by atoms with Gasteiger partial charge < -0.3 is 15.4 Å². The van der Waals surface area contributed by atoms with E-state index in [1.807, 2.05) is 32.0 Å². The van der Waals surface area contributed by atoms with Gasteiger partial charge >= 0.3 is 5.97 Å². The molecular weight excluding hydrogens is 434 g/mol. The predicted molar refractivity (Wildman–Crippen MR) is 121 cm³/mol. The van der Waals surface area contributed by atoms with Crippen molar-refractivity contribution in [3.8, 4) is 0 Å². The molecule has 0 fully saturated rings. The standard InChI is InChI=1S/C22H27N3O6S/c1-5-17-8-6-7-15(2)22(17)24-20(27)14-31-21(28)13-25(4)32(29,30)19-11-9-18(10-12-19)23-16(3)26/h6-12H,5,13-14H2,1-4H3,(H,23,26)(H,24,27). The molecule has 0 aliphatic carbocycles. The fourth-order valence-electron chi connectivity index (χ4n) is 2.93. The normalized spacial score (nSPS) is 11.2. The molecule has 0 saturated carbocycles. The molecular formula is C22H27N3O6S. The van der Waals surface area contributed by atoms with Crippen molar-refractivity contribution in [3.63, 3.8) is 0 Å². The van der Waals surface area contributed by atoms with Crippen molar-refractivity contribution in [2.45, 2.75) is 32.1 Å². The van der Waals surface area contributed by atoms with Crippen molar-refractivity contribution < 1.29 is 27.5 Å². The van der Waals surface area contributed by atoms with Gasteiger partial charge in [-0.25, -0.2) is 8.42 Å². The van der Waals surface area contributed by atoms with Gasteiger partial charge in [-0.05, 0) is 48.7 Å². The first-order valence-corrected chi connectivity index (χ1v) is 11.4. The highest BCUT2D eigenvalue weighted by Gasteiger charge is 2.24. The summed E-state index contributed by atoms with van der Waals surface area (Å²) >= 11 is 0. The molecule has 0 aromatic heterocycles. The van der Waals surface area contributed by atoms with E-state index in [-0.39, 0.29) is 10.8 Å². The van der Waals surface area contributed by atoms with Gasteiger partial charge in [0.1, 0.15) is 6.54 Å². The zero-order valence-electron chi connectivity index (χ0n) is 18.5. The summed E-state index contributed by atoms with van der Waals surface area (Å²) in [5.74, 6) is -1.65. The van der Waals surface area contributed by atoms with E-state index >= 15 is 0 Å². The molecule has 0 bridgehead atoms. The molecule has 172 valence electrons. The summed E-state index contributed by atoms with van der Waals surface area (Å²) in [6.07, 6.45) is 0.728. The molecule has 0 heterocycles. The highest BCUT2D eigenvalue weighted by atomic mass is 32.2. The summed E-state index contributed by atoms with van der Waals surface area (Å²) in [7, 11) is -2.73. The molecule has 0 unspecified atom stereocenters. The number of benzene rings is 2. The number of hydrogen-bond acceptors (Lipinski definition) is 6. The molecule has 10 heteroatoms. The monoisotopic (exact) mass is 461 g/mol. The number of aryl methyl sites for hydroxylation is 2. The summed E-state index contributed by atoms with van der Waals surface area (Å²) in [6, 6.07) is 11.2. The van der Waals surface area contributed by atoms with Crippen molar-refractivity contribution in [3.05, 3.63) is 53.6 Å². The third kappa shape index (κ3) is 6.63. The van der Waals surface area contributed by atoms with Crippen molar-refractivity contribution in [1.29, 1.82) is 0 Å². The van der Waals surface area contributed by atoms with E-state index in [2.05, 4.69) is 10.6 Å². The summed E-state index contributed by atoms with van der Waals surface area (Å²) in [6.45, 7) is 4.08. The number of nitrogens with zero attached hydrogens (tertiary/aromatic N) is 1. The first-order chi connectivity index (χ1) is 15.0. The number of para-hydroxylation sites is 1. The molecule has 2 amide bonds. The van der Waals surface area contributed by atoms with Gasteiger partial charge in [0, 0.05) is 25.3 Å². The second-order valence-corrected chi connectivity index (χ2v) is 9.18. The van der Waals surface area contributed by atoms with Gasteiger partial charge in [-0.1, -0.05) is 25.1 Å². The summed E-state index contributed by atoms with van der Waals surface area (Å²) in [4.78, 5) is 35.3. The smallest absolute Gasteiger partial charge is 0.321 e. The minimum Gasteiger partial charge on any atom is -0.455 e. The van der Waals surface area contributed by atoms with E-state index in [0.717, 1.165) is 21.9 Å². The number of amides is 2. The molecule has 32 heavy (non-hydrogen) atoms. The molecule has 0 aliphatic heterocycles. The van der Waals surface area contributed by atoms with Crippen LogP contribution in [0.5, 0.6) is 0 Å². The molecule has 2 rings (SSSR count). The lowest BCUT2D eigenvalue weighted by atomic mass is 10.1. The Bertz CT molecular complexity index is 1100. The fraction of sp³-hybridized carbons (Fsp3) is 0.318. The number of esters is 1. The topological polar surface area (TPSA) is 122 Å². The van der Waals surface area contributed by atoms with Crippen LogP contribution in [0.25, 0.3) is 0 Å². The number of carbonyl (C=O) groups excluding carboxylic acids is 3. The molecule has 2 aromatic carbocycles. The maximum atomic E-state index is 12.6. The molecule has 2 N–H and O–H groups in total. The van der Waals surface area contributed by atoms with Crippen molar-refractivity contribution in [2.24, 2.45) is 0 Å². The lowest BCUT2D eigenvalue weighted by Crippen LogP contribution is -2.34. The SMILES string of the molecule is CCc1cccc(C)c1NC(=O)COC(=O)CN(C)S(=O)(=O)c1ccc(NC(C)=O)cc1. The van der Waals surface area contributed by atoms with Crippen LogP contribution in [0.2, 0.25) is 0 Å². The first kappa shape index (κ1) is 25.0. The minimum atomic E-state index is -3.96. The van der Waals surface area contributed by atoms with Crippen molar-refractivity contribution in [2.75, 3.05) is 30.8 Å². The maximum Gasteiger partial charge on any atom is 0.321 e. The van der Waals surface area contributed by atoms with Gasteiger partial charge in [-0.3, -0.25) is 14.4 Å². The van der Waals surface area contributed by atoms with E-state index < -0.39 is 35.1 Å². The van der Waals surface area contributed by atoms with Gasteiger partial charge in [0.15, 0.2) is 6.61 Å². The Hall–Kier alpha value is -3.24. The van der Waals surface area contributed by atoms with Crippen LogP contribution in [0.4, 0.5) is 11.4 Å². The summed E-state index contributed by atoms with van der Waals surface area (Å²) in [5.41, 5.74) is 2.97. The van der Waals surface area contributed by atoms with Crippen LogP contribution in [0, 0.1) is 6.92 Å². The molecule has 0 spiro atoms. The molecule has 2 aromatic rings. The number of nitrogens with one attached hydrogen (secondary N) is 2.